The van der Waals surface area contributed by atoms with E-state index in [-0.39, 0.29) is 5.60 Å². The number of rotatable bonds is 6. The smallest absolute Gasteiger partial charge is 0.0625 e. The van der Waals surface area contributed by atoms with Crippen LogP contribution in [-0.2, 0) is 11.2 Å². The van der Waals surface area contributed by atoms with Gasteiger partial charge in [0, 0.05) is 19.7 Å². The van der Waals surface area contributed by atoms with Gasteiger partial charge in [-0.3, -0.25) is 4.90 Å². The molecule has 0 radical (unpaired) electrons. The van der Waals surface area contributed by atoms with E-state index < -0.39 is 0 Å². The van der Waals surface area contributed by atoms with E-state index in [1.54, 1.807) is 7.11 Å². The van der Waals surface area contributed by atoms with Gasteiger partial charge in [0.15, 0.2) is 0 Å². The van der Waals surface area contributed by atoms with E-state index in [1.807, 2.05) is 0 Å². The lowest BCUT2D eigenvalue weighted by atomic mass is 9.95. The van der Waals surface area contributed by atoms with Gasteiger partial charge in [-0.2, -0.15) is 0 Å². The molecule has 21 heavy (non-hydrogen) atoms. The minimum absolute atomic E-state index is 0.0430. The molecule has 2 N–H and O–H groups in total. The van der Waals surface area contributed by atoms with Gasteiger partial charge < -0.3 is 10.5 Å². The molecule has 0 saturated carbocycles. The van der Waals surface area contributed by atoms with Gasteiger partial charge >= 0.3 is 0 Å². The molecule has 1 aliphatic heterocycles. The summed E-state index contributed by atoms with van der Waals surface area (Å²) in [7, 11) is 3.99. The SMILES string of the molecule is COC(C)(C)CCc1ccc(C2CC(CN)CN2C)cc1. The Morgan fingerprint density at radius 1 is 1.29 bits per heavy atom. The summed E-state index contributed by atoms with van der Waals surface area (Å²) in [6.07, 6.45) is 3.29. The van der Waals surface area contributed by atoms with Gasteiger partial charge in [0.1, 0.15) is 0 Å². The van der Waals surface area contributed by atoms with E-state index in [9.17, 15) is 0 Å². The summed E-state index contributed by atoms with van der Waals surface area (Å²) in [5.74, 6) is 0.641. The van der Waals surface area contributed by atoms with Gasteiger partial charge in [0.05, 0.1) is 5.60 Å². The third kappa shape index (κ3) is 4.29. The molecule has 1 heterocycles. The molecule has 1 saturated heterocycles. The Labute approximate surface area is 129 Å². The molecule has 1 aromatic carbocycles. The van der Waals surface area contributed by atoms with E-state index in [0.29, 0.717) is 12.0 Å². The van der Waals surface area contributed by atoms with Gasteiger partial charge in [-0.05, 0) is 63.7 Å². The highest BCUT2D eigenvalue weighted by atomic mass is 16.5. The third-order valence-electron chi connectivity index (χ3n) is 4.90. The lowest BCUT2D eigenvalue weighted by Crippen LogP contribution is -2.23. The van der Waals surface area contributed by atoms with Crippen molar-refractivity contribution >= 4 is 0 Å². The molecule has 118 valence electrons. The first-order valence-corrected chi connectivity index (χ1v) is 7.99. The summed E-state index contributed by atoms with van der Waals surface area (Å²) in [4.78, 5) is 2.43. The summed E-state index contributed by atoms with van der Waals surface area (Å²) in [6, 6.07) is 9.64. The quantitative estimate of drug-likeness (QED) is 0.875. The summed E-state index contributed by atoms with van der Waals surface area (Å²) >= 11 is 0. The van der Waals surface area contributed by atoms with Crippen LogP contribution in [0.15, 0.2) is 24.3 Å². The fraction of sp³-hybridized carbons (Fsp3) is 0.667. The number of likely N-dealkylation sites (tertiary alicyclic amines) is 1. The number of methoxy groups -OCH3 is 1. The summed E-state index contributed by atoms with van der Waals surface area (Å²) in [5, 5.41) is 0. The summed E-state index contributed by atoms with van der Waals surface area (Å²) < 4.78 is 5.48. The predicted octanol–water partition coefficient (Wildman–Crippen LogP) is 3.00. The molecule has 2 rings (SSSR count). The second-order valence-corrected chi connectivity index (χ2v) is 7.00. The van der Waals surface area contributed by atoms with Crippen molar-refractivity contribution in [3.63, 3.8) is 0 Å². The van der Waals surface area contributed by atoms with Crippen LogP contribution < -0.4 is 5.73 Å². The van der Waals surface area contributed by atoms with E-state index in [4.69, 9.17) is 10.5 Å². The number of nitrogens with zero attached hydrogens (tertiary/aromatic N) is 1. The van der Waals surface area contributed by atoms with Crippen LogP contribution in [0.5, 0.6) is 0 Å². The Balaban J connectivity index is 1.96. The number of hydrogen-bond acceptors (Lipinski definition) is 3. The second-order valence-electron chi connectivity index (χ2n) is 7.00. The minimum atomic E-state index is -0.0430. The van der Waals surface area contributed by atoms with E-state index in [1.165, 1.54) is 17.5 Å². The van der Waals surface area contributed by atoms with Gasteiger partial charge in [0.25, 0.3) is 0 Å². The molecule has 0 spiro atoms. The molecule has 0 aliphatic carbocycles. The maximum Gasteiger partial charge on any atom is 0.0625 e. The molecule has 0 aromatic heterocycles. The van der Waals surface area contributed by atoms with Crippen LogP contribution in [0.25, 0.3) is 0 Å². The Kier molecular flexibility index (Phi) is 5.42. The Morgan fingerprint density at radius 3 is 2.48 bits per heavy atom. The number of benzene rings is 1. The Morgan fingerprint density at radius 2 is 1.95 bits per heavy atom. The molecule has 0 bridgehead atoms. The van der Waals surface area contributed by atoms with Crippen molar-refractivity contribution < 1.29 is 4.74 Å². The average molecular weight is 290 g/mol. The maximum atomic E-state index is 5.82. The molecular formula is C18H30N2O. The van der Waals surface area contributed by atoms with Crippen LogP contribution in [-0.4, -0.2) is 37.7 Å². The van der Waals surface area contributed by atoms with E-state index in [0.717, 1.165) is 25.9 Å². The summed E-state index contributed by atoms with van der Waals surface area (Å²) in [5.41, 5.74) is 8.58. The van der Waals surface area contributed by atoms with Crippen LogP contribution in [0.3, 0.4) is 0 Å². The van der Waals surface area contributed by atoms with E-state index in [2.05, 4.69) is 50.1 Å². The first kappa shape index (κ1) is 16.5. The number of nitrogens with two attached hydrogens (primary N) is 1. The molecule has 1 aromatic rings. The van der Waals surface area contributed by atoms with Crippen molar-refractivity contribution in [2.45, 2.75) is 44.8 Å². The first-order valence-electron chi connectivity index (χ1n) is 7.99. The standard InChI is InChI=1S/C18H30N2O/c1-18(2,21-4)10-9-14-5-7-16(8-6-14)17-11-15(12-19)13-20(17)3/h5-8,15,17H,9-13,19H2,1-4H3. The highest BCUT2D eigenvalue weighted by Gasteiger charge is 2.29. The normalized spacial score (nSPS) is 23.7. The van der Waals surface area contributed by atoms with Crippen molar-refractivity contribution in [1.29, 1.82) is 0 Å². The van der Waals surface area contributed by atoms with Crippen molar-refractivity contribution in [1.82, 2.24) is 4.90 Å². The van der Waals surface area contributed by atoms with Crippen LogP contribution >= 0.6 is 0 Å². The first-order chi connectivity index (χ1) is 9.95. The van der Waals surface area contributed by atoms with Gasteiger partial charge in [0.2, 0.25) is 0 Å². The molecule has 1 aliphatic rings. The van der Waals surface area contributed by atoms with Gasteiger partial charge in [-0.25, -0.2) is 0 Å². The lowest BCUT2D eigenvalue weighted by Gasteiger charge is -2.23. The Bertz CT molecular complexity index is 441. The molecule has 0 amide bonds. The van der Waals surface area contributed by atoms with E-state index >= 15 is 0 Å². The van der Waals surface area contributed by atoms with Crippen LogP contribution in [0.2, 0.25) is 0 Å². The van der Waals surface area contributed by atoms with Crippen LogP contribution in [0, 0.1) is 5.92 Å². The highest BCUT2D eigenvalue weighted by Crippen LogP contribution is 2.33. The van der Waals surface area contributed by atoms with Gasteiger partial charge in [-0.1, -0.05) is 24.3 Å². The highest BCUT2D eigenvalue weighted by molar-refractivity contribution is 5.26. The second kappa shape index (κ2) is 6.91. The number of hydrogen-bond donors (Lipinski definition) is 1. The van der Waals surface area contributed by atoms with Crippen LogP contribution in [0.4, 0.5) is 0 Å². The molecule has 1 fully saturated rings. The topological polar surface area (TPSA) is 38.5 Å². The average Bonchev–Trinajstić information content (AvgIpc) is 2.87. The molecule has 3 nitrogen and oxygen atoms in total. The zero-order chi connectivity index (χ0) is 15.5. The third-order valence-corrected chi connectivity index (χ3v) is 4.90. The minimum Gasteiger partial charge on any atom is -0.379 e. The fourth-order valence-electron chi connectivity index (χ4n) is 3.12. The lowest BCUT2D eigenvalue weighted by molar-refractivity contribution is 0.0158. The Hall–Kier alpha value is -0.900. The molecule has 2 atom stereocenters. The summed E-state index contributed by atoms with van der Waals surface area (Å²) in [6.45, 7) is 6.19. The van der Waals surface area contributed by atoms with Gasteiger partial charge in [-0.15, -0.1) is 0 Å². The zero-order valence-corrected chi connectivity index (χ0v) is 13.9. The molecular weight excluding hydrogens is 260 g/mol. The van der Waals surface area contributed by atoms with Crippen molar-refractivity contribution in [2.24, 2.45) is 11.7 Å². The maximum absolute atomic E-state index is 5.82. The molecule has 3 heteroatoms. The number of aryl methyl sites for hydroxylation is 1. The van der Waals surface area contributed by atoms with Crippen molar-refractivity contribution in [3.05, 3.63) is 35.4 Å². The largest absolute Gasteiger partial charge is 0.379 e. The predicted molar refractivity (Wildman–Crippen MR) is 88.4 cm³/mol. The molecule has 2 unspecified atom stereocenters. The zero-order valence-electron chi connectivity index (χ0n) is 13.9. The van der Waals surface area contributed by atoms with Crippen molar-refractivity contribution in [2.75, 3.05) is 27.2 Å². The number of ether oxygens (including phenoxy) is 1. The fourth-order valence-corrected chi connectivity index (χ4v) is 3.12. The van der Waals surface area contributed by atoms with Crippen LogP contribution in [0.1, 0.15) is 43.9 Å². The monoisotopic (exact) mass is 290 g/mol. The van der Waals surface area contributed by atoms with Crippen molar-refractivity contribution in [3.8, 4) is 0 Å².